The van der Waals surface area contributed by atoms with E-state index in [4.69, 9.17) is 23.2 Å². The topological polar surface area (TPSA) is 37.4 Å². The van der Waals surface area contributed by atoms with Gasteiger partial charge in [-0.05, 0) is 43.0 Å². The van der Waals surface area contributed by atoms with Crippen molar-refractivity contribution in [1.82, 2.24) is 0 Å². The molecule has 0 amide bonds. The van der Waals surface area contributed by atoms with Crippen molar-refractivity contribution in [3.8, 4) is 0 Å². The van der Waals surface area contributed by atoms with E-state index in [1.165, 1.54) is 19.1 Å². The molecule has 0 atom stereocenters. The standard InChI is InChI=1S/C13H19NO2S.CH2Cl2/c1-11-7-9-14(10-8-11)12-3-5-13(6-4-12)17(2,15)16;2-1-3/h3-6,11H,7-10H2,1-2H3;1H2. The summed E-state index contributed by atoms with van der Waals surface area (Å²) < 4.78 is 22.7. The molecule has 1 aliphatic heterocycles. The molecule has 0 aliphatic carbocycles. The van der Waals surface area contributed by atoms with E-state index in [1.54, 1.807) is 12.1 Å². The average Bonchev–Trinajstić information content (AvgIpc) is 2.40. The molecule has 1 saturated heterocycles. The van der Waals surface area contributed by atoms with Gasteiger partial charge >= 0.3 is 0 Å². The van der Waals surface area contributed by atoms with Gasteiger partial charge in [0.1, 0.15) is 0 Å². The largest absolute Gasteiger partial charge is 0.372 e. The molecule has 0 unspecified atom stereocenters. The van der Waals surface area contributed by atoms with Crippen molar-refractivity contribution in [2.75, 3.05) is 29.6 Å². The summed E-state index contributed by atoms with van der Waals surface area (Å²) in [6.07, 6.45) is 3.67. The summed E-state index contributed by atoms with van der Waals surface area (Å²) >= 11 is 9.53. The van der Waals surface area contributed by atoms with Gasteiger partial charge in [-0.3, -0.25) is 0 Å². The van der Waals surface area contributed by atoms with Crippen LogP contribution in [0.3, 0.4) is 0 Å². The van der Waals surface area contributed by atoms with Gasteiger partial charge in [-0.25, -0.2) is 8.42 Å². The molecule has 0 saturated carbocycles. The monoisotopic (exact) mass is 337 g/mol. The van der Waals surface area contributed by atoms with E-state index < -0.39 is 9.84 Å². The molecule has 1 fully saturated rings. The van der Waals surface area contributed by atoms with Crippen LogP contribution in [0.1, 0.15) is 19.8 Å². The smallest absolute Gasteiger partial charge is 0.175 e. The Bertz CT molecular complexity index is 494. The van der Waals surface area contributed by atoms with Gasteiger partial charge in [0.05, 0.1) is 10.2 Å². The van der Waals surface area contributed by atoms with Crippen molar-refractivity contribution in [2.45, 2.75) is 24.7 Å². The van der Waals surface area contributed by atoms with E-state index in [9.17, 15) is 8.42 Å². The van der Waals surface area contributed by atoms with Crippen molar-refractivity contribution in [2.24, 2.45) is 5.92 Å². The lowest BCUT2D eigenvalue weighted by Gasteiger charge is -2.32. The molecule has 1 heterocycles. The third-order valence-electron chi connectivity index (χ3n) is 3.41. The van der Waals surface area contributed by atoms with Crippen LogP contribution < -0.4 is 4.90 Å². The minimum atomic E-state index is -3.08. The molecule has 0 spiro atoms. The maximum Gasteiger partial charge on any atom is 0.175 e. The van der Waals surface area contributed by atoms with E-state index in [1.807, 2.05) is 12.1 Å². The number of nitrogens with zero attached hydrogens (tertiary/aromatic N) is 1. The molecule has 6 heteroatoms. The van der Waals surface area contributed by atoms with E-state index in [-0.39, 0.29) is 5.34 Å². The van der Waals surface area contributed by atoms with Gasteiger partial charge in [-0.1, -0.05) is 6.92 Å². The summed E-state index contributed by atoms with van der Waals surface area (Å²) in [5, 5.41) is 0.194. The Labute approximate surface area is 131 Å². The SMILES string of the molecule is CC1CCN(c2ccc(S(C)(=O)=O)cc2)CC1.ClCCl. The molecule has 0 bridgehead atoms. The van der Waals surface area contributed by atoms with Gasteiger partial charge in [-0.2, -0.15) is 0 Å². The molecule has 2 rings (SSSR count). The minimum Gasteiger partial charge on any atom is -0.372 e. The maximum atomic E-state index is 11.3. The molecule has 3 nitrogen and oxygen atoms in total. The van der Waals surface area contributed by atoms with Crippen LogP contribution >= 0.6 is 23.2 Å². The van der Waals surface area contributed by atoms with Crippen molar-refractivity contribution >= 4 is 38.7 Å². The zero-order valence-corrected chi connectivity index (χ0v) is 14.2. The first-order chi connectivity index (χ1) is 9.38. The molecule has 114 valence electrons. The maximum absolute atomic E-state index is 11.3. The Morgan fingerprint density at radius 3 is 2.00 bits per heavy atom. The van der Waals surface area contributed by atoms with Crippen LogP contribution in [0, 0.1) is 5.92 Å². The van der Waals surface area contributed by atoms with Crippen LogP contribution in [0.25, 0.3) is 0 Å². The number of hydrogen-bond donors (Lipinski definition) is 0. The normalized spacial score (nSPS) is 16.5. The van der Waals surface area contributed by atoms with Crippen molar-refractivity contribution < 1.29 is 8.42 Å². The average molecular weight is 338 g/mol. The van der Waals surface area contributed by atoms with Gasteiger partial charge in [0.15, 0.2) is 9.84 Å². The van der Waals surface area contributed by atoms with Gasteiger partial charge < -0.3 is 4.90 Å². The molecular weight excluding hydrogens is 317 g/mol. The lowest BCUT2D eigenvalue weighted by atomic mass is 9.99. The Kier molecular flexibility index (Phi) is 7.13. The van der Waals surface area contributed by atoms with Gasteiger partial charge in [0, 0.05) is 25.0 Å². The van der Waals surface area contributed by atoms with Crippen molar-refractivity contribution in [3.63, 3.8) is 0 Å². The van der Waals surface area contributed by atoms with Crippen molar-refractivity contribution in [3.05, 3.63) is 24.3 Å². The van der Waals surface area contributed by atoms with E-state index in [0.717, 1.165) is 24.7 Å². The minimum absolute atomic E-state index is 0.194. The Morgan fingerprint density at radius 2 is 1.60 bits per heavy atom. The van der Waals surface area contributed by atoms with Crippen LogP contribution in [-0.4, -0.2) is 33.1 Å². The second-order valence-corrected chi connectivity index (χ2v) is 7.86. The highest BCUT2D eigenvalue weighted by atomic mass is 35.5. The highest BCUT2D eigenvalue weighted by Gasteiger charge is 2.16. The summed E-state index contributed by atoms with van der Waals surface area (Å²) in [7, 11) is -3.08. The van der Waals surface area contributed by atoms with Crippen LogP contribution in [-0.2, 0) is 9.84 Å². The molecule has 1 aliphatic rings. The number of sulfone groups is 1. The quantitative estimate of drug-likeness (QED) is 0.771. The molecule has 1 aromatic carbocycles. The zero-order valence-electron chi connectivity index (χ0n) is 11.9. The molecule has 20 heavy (non-hydrogen) atoms. The van der Waals surface area contributed by atoms with E-state index in [0.29, 0.717) is 4.90 Å². The summed E-state index contributed by atoms with van der Waals surface area (Å²) in [6.45, 7) is 4.42. The third-order valence-corrected chi connectivity index (χ3v) is 4.54. The third kappa shape index (κ3) is 5.51. The molecular formula is C14H21Cl2NO2S. The number of hydrogen-bond acceptors (Lipinski definition) is 3. The number of rotatable bonds is 2. The number of anilines is 1. The molecule has 0 N–H and O–H groups in total. The van der Waals surface area contributed by atoms with Crippen LogP contribution in [0.15, 0.2) is 29.2 Å². The molecule has 0 radical (unpaired) electrons. The predicted molar refractivity (Wildman–Crippen MR) is 86.7 cm³/mol. The highest BCUT2D eigenvalue weighted by molar-refractivity contribution is 7.90. The summed E-state index contributed by atoms with van der Waals surface area (Å²) in [5.41, 5.74) is 1.13. The lowest BCUT2D eigenvalue weighted by molar-refractivity contribution is 0.438. The van der Waals surface area contributed by atoms with Gasteiger partial charge in [0.2, 0.25) is 0 Å². The van der Waals surface area contributed by atoms with Crippen LogP contribution in [0.2, 0.25) is 0 Å². The summed E-state index contributed by atoms with van der Waals surface area (Å²) in [4.78, 5) is 2.72. The Morgan fingerprint density at radius 1 is 1.15 bits per heavy atom. The number of piperidine rings is 1. The fourth-order valence-corrected chi connectivity index (χ4v) is 2.80. The zero-order chi connectivity index (χ0) is 15.2. The number of halogens is 2. The Hall–Kier alpha value is -0.450. The summed E-state index contributed by atoms with van der Waals surface area (Å²) in [5.74, 6) is 0.807. The lowest BCUT2D eigenvalue weighted by Crippen LogP contribution is -2.32. The Balaban J connectivity index is 0.000000612. The number of benzene rings is 1. The van der Waals surface area contributed by atoms with E-state index in [2.05, 4.69) is 11.8 Å². The van der Waals surface area contributed by atoms with Crippen LogP contribution in [0.4, 0.5) is 5.69 Å². The molecule has 1 aromatic rings. The fourth-order valence-electron chi connectivity index (χ4n) is 2.17. The first kappa shape index (κ1) is 17.6. The second kappa shape index (κ2) is 8.11. The van der Waals surface area contributed by atoms with Gasteiger partial charge in [-0.15, -0.1) is 23.2 Å². The molecule has 0 aromatic heterocycles. The predicted octanol–water partition coefficient (Wildman–Crippen LogP) is 3.75. The van der Waals surface area contributed by atoms with Gasteiger partial charge in [0.25, 0.3) is 0 Å². The first-order valence-electron chi connectivity index (χ1n) is 6.55. The highest BCUT2D eigenvalue weighted by Crippen LogP contribution is 2.24. The first-order valence-corrected chi connectivity index (χ1v) is 9.51. The van der Waals surface area contributed by atoms with Crippen molar-refractivity contribution in [1.29, 1.82) is 0 Å². The number of alkyl halides is 2. The summed E-state index contributed by atoms with van der Waals surface area (Å²) in [6, 6.07) is 7.21. The van der Waals surface area contributed by atoms with E-state index >= 15 is 0 Å². The fraction of sp³-hybridized carbons (Fsp3) is 0.571. The van der Waals surface area contributed by atoms with Crippen LogP contribution in [0.5, 0.6) is 0 Å². The second-order valence-electron chi connectivity index (χ2n) is 5.04.